The summed E-state index contributed by atoms with van der Waals surface area (Å²) in [6.45, 7) is 14.8. The Morgan fingerprint density at radius 2 is 1.73 bits per heavy atom. The first-order valence-corrected chi connectivity index (χ1v) is 11.9. The maximum Gasteiger partial charge on any atom is 0.191 e. The predicted octanol–water partition coefficient (Wildman–Crippen LogP) is 3.27. The number of piperazine rings is 1. The number of guanidine groups is 1. The third kappa shape index (κ3) is 6.52. The maximum atomic E-state index is 4.69. The van der Waals surface area contributed by atoms with Gasteiger partial charge in [-0.15, -0.1) is 11.3 Å². The second kappa shape index (κ2) is 11.4. The fraction of sp³-hybridized carbons (Fsp3) is 0.565. The molecule has 1 aromatic heterocycles. The van der Waals surface area contributed by atoms with Gasteiger partial charge in [0, 0.05) is 51.7 Å². The Kier molecular flexibility index (Phi) is 8.66. The van der Waals surface area contributed by atoms with Crippen molar-refractivity contribution in [3.63, 3.8) is 0 Å². The maximum absolute atomic E-state index is 4.69. The molecular formula is C23H36N6S. The predicted molar refractivity (Wildman–Crippen MR) is 127 cm³/mol. The van der Waals surface area contributed by atoms with Crippen LogP contribution in [-0.2, 0) is 19.6 Å². The van der Waals surface area contributed by atoms with E-state index in [1.807, 2.05) is 7.05 Å². The van der Waals surface area contributed by atoms with Gasteiger partial charge < -0.3 is 15.5 Å². The Bertz CT molecular complexity index is 808. The average molecular weight is 429 g/mol. The summed E-state index contributed by atoms with van der Waals surface area (Å²) in [4.78, 5) is 14.2. The van der Waals surface area contributed by atoms with Gasteiger partial charge in [-0.25, -0.2) is 4.98 Å². The minimum Gasteiger partial charge on any atom is -0.352 e. The van der Waals surface area contributed by atoms with E-state index in [4.69, 9.17) is 0 Å². The van der Waals surface area contributed by atoms with Gasteiger partial charge in [-0.2, -0.15) is 0 Å². The van der Waals surface area contributed by atoms with Crippen LogP contribution in [0.25, 0.3) is 0 Å². The fourth-order valence-corrected chi connectivity index (χ4v) is 4.51. The number of aliphatic imine (C=N–C) groups is 1. The zero-order valence-corrected chi connectivity index (χ0v) is 19.6. The molecule has 0 atom stereocenters. The molecule has 6 nitrogen and oxygen atoms in total. The minimum atomic E-state index is 0.467. The molecule has 1 aliphatic rings. The fourth-order valence-electron chi connectivity index (χ4n) is 3.62. The molecule has 1 fully saturated rings. The lowest BCUT2D eigenvalue weighted by atomic mass is 10.1. The first-order chi connectivity index (χ1) is 14.6. The molecule has 0 amide bonds. The molecule has 164 valence electrons. The quantitative estimate of drug-likeness (QED) is 0.499. The number of thiazole rings is 1. The van der Waals surface area contributed by atoms with Gasteiger partial charge in [0.05, 0.1) is 12.2 Å². The Hall–Kier alpha value is -1.96. The molecule has 1 saturated heterocycles. The highest BCUT2D eigenvalue weighted by molar-refractivity contribution is 7.09. The van der Waals surface area contributed by atoms with E-state index in [9.17, 15) is 0 Å². The van der Waals surface area contributed by atoms with Gasteiger partial charge in [0.15, 0.2) is 5.96 Å². The number of hydrogen-bond donors (Lipinski definition) is 2. The largest absolute Gasteiger partial charge is 0.352 e. The van der Waals surface area contributed by atoms with Crippen molar-refractivity contribution in [3.8, 4) is 0 Å². The average Bonchev–Trinajstić information content (AvgIpc) is 3.25. The van der Waals surface area contributed by atoms with E-state index in [1.165, 1.54) is 24.2 Å². The van der Waals surface area contributed by atoms with Crippen LogP contribution in [0.15, 0.2) is 34.6 Å². The second-order valence-electron chi connectivity index (χ2n) is 8.08. The molecule has 1 aliphatic heterocycles. The highest BCUT2D eigenvalue weighted by Gasteiger charge is 2.16. The number of likely N-dealkylation sites (N-methyl/N-ethyl adjacent to an activating group) is 1. The second-order valence-corrected chi connectivity index (χ2v) is 9.02. The van der Waals surface area contributed by atoms with Crippen LogP contribution in [-0.4, -0.2) is 60.5 Å². The molecule has 0 bridgehead atoms. The van der Waals surface area contributed by atoms with E-state index < -0.39 is 0 Å². The molecule has 0 aliphatic carbocycles. The molecule has 1 aromatic carbocycles. The van der Waals surface area contributed by atoms with Crippen LogP contribution in [0.3, 0.4) is 0 Å². The molecule has 3 rings (SSSR count). The van der Waals surface area contributed by atoms with Crippen LogP contribution in [0.1, 0.15) is 48.5 Å². The Balaban J connectivity index is 1.51. The van der Waals surface area contributed by atoms with Crippen molar-refractivity contribution in [2.75, 3.05) is 39.8 Å². The number of nitrogens with one attached hydrogen (secondary N) is 2. The summed E-state index contributed by atoms with van der Waals surface area (Å²) in [6.07, 6.45) is 0. The molecule has 0 spiro atoms. The molecular weight excluding hydrogens is 392 g/mol. The van der Waals surface area contributed by atoms with Gasteiger partial charge in [-0.05, 0) is 23.6 Å². The number of benzene rings is 1. The summed E-state index contributed by atoms with van der Waals surface area (Å²) >= 11 is 1.70. The van der Waals surface area contributed by atoms with E-state index in [0.717, 1.165) is 49.4 Å². The third-order valence-electron chi connectivity index (χ3n) is 5.66. The Morgan fingerprint density at radius 1 is 1.07 bits per heavy atom. The Morgan fingerprint density at radius 3 is 2.37 bits per heavy atom. The van der Waals surface area contributed by atoms with Crippen LogP contribution in [0.4, 0.5) is 0 Å². The smallest absolute Gasteiger partial charge is 0.191 e. The van der Waals surface area contributed by atoms with E-state index in [0.29, 0.717) is 12.5 Å². The van der Waals surface area contributed by atoms with Crippen molar-refractivity contribution in [2.45, 2.75) is 46.3 Å². The van der Waals surface area contributed by atoms with Gasteiger partial charge >= 0.3 is 0 Å². The van der Waals surface area contributed by atoms with Crippen LogP contribution >= 0.6 is 11.3 Å². The SMILES string of the molecule is CCN1CCN(Cc2ccccc2CNC(=NC)NCc2nc(C(C)C)cs2)CC1. The van der Waals surface area contributed by atoms with E-state index in [2.05, 4.69) is 80.8 Å². The Labute approximate surface area is 185 Å². The number of hydrogen-bond acceptors (Lipinski definition) is 5. The molecule has 0 saturated carbocycles. The van der Waals surface area contributed by atoms with Crippen LogP contribution in [0.2, 0.25) is 0 Å². The summed E-state index contributed by atoms with van der Waals surface area (Å²) < 4.78 is 0. The van der Waals surface area contributed by atoms with Gasteiger partial charge in [-0.3, -0.25) is 9.89 Å². The molecule has 0 unspecified atom stereocenters. The van der Waals surface area contributed by atoms with E-state index in [-0.39, 0.29) is 0 Å². The molecule has 7 heteroatoms. The topological polar surface area (TPSA) is 55.8 Å². The standard InChI is InChI=1S/C23H36N6S/c1-5-28-10-12-29(13-11-28)16-20-9-7-6-8-19(20)14-25-23(24-4)26-15-22-27-21(17-30-22)18(2)3/h6-9,17-18H,5,10-16H2,1-4H3,(H2,24,25,26). The van der Waals surface area contributed by atoms with E-state index >= 15 is 0 Å². The zero-order valence-electron chi connectivity index (χ0n) is 18.8. The van der Waals surface area contributed by atoms with Gasteiger partial charge in [0.25, 0.3) is 0 Å². The van der Waals surface area contributed by atoms with Gasteiger partial charge in [0.1, 0.15) is 5.01 Å². The van der Waals surface area contributed by atoms with E-state index in [1.54, 1.807) is 11.3 Å². The first kappa shape index (κ1) is 22.7. The monoisotopic (exact) mass is 428 g/mol. The molecule has 2 heterocycles. The molecule has 2 aromatic rings. The lowest BCUT2D eigenvalue weighted by molar-refractivity contribution is 0.131. The zero-order chi connectivity index (χ0) is 21.3. The minimum absolute atomic E-state index is 0.467. The van der Waals surface area contributed by atoms with Crippen LogP contribution < -0.4 is 10.6 Å². The third-order valence-corrected chi connectivity index (χ3v) is 6.53. The number of aromatic nitrogens is 1. The van der Waals surface area contributed by atoms with Crippen molar-refractivity contribution in [2.24, 2.45) is 4.99 Å². The normalized spacial score (nSPS) is 16.2. The van der Waals surface area contributed by atoms with Crippen LogP contribution in [0.5, 0.6) is 0 Å². The summed E-state index contributed by atoms with van der Waals surface area (Å²) in [5, 5.41) is 10.1. The van der Waals surface area contributed by atoms with Crippen molar-refractivity contribution >= 4 is 17.3 Å². The summed E-state index contributed by atoms with van der Waals surface area (Å²) in [5.41, 5.74) is 3.88. The highest BCUT2D eigenvalue weighted by Crippen LogP contribution is 2.17. The summed E-state index contributed by atoms with van der Waals surface area (Å²) in [5.74, 6) is 1.27. The molecule has 30 heavy (non-hydrogen) atoms. The van der Waals surface area contributed by atoms with Gasteiger partial charge in [0.2, 0.25) is 0 Å². The summed E-state index contributed by atoms with van der Waals surface area (Å²) in [7, 11) is 1.82. The van der Waals surface area contributed by atoms with Crippen molar-refractivity contribution in [1.29, 1.82) is 0 Å². The van der Waals surface area contributed by atoms with Gasteiger partial charge in [-0.1, -0.05) is 45.0 Å². The van der Waals surface area contributed by atoms with Crippen molar-refractivity contribution < 1.29 is 0 Å². The first-order valence-electron chi connectivity index (χ1n) is 11.0. The lowest BCUT2D eigenvalue weighted by Crippen LogP contribution is -2.45. The van der Waals surface area contributed by atoms with Crippen molar-refractivity contribution in [1.82, 2.24) is 25.4 Å². The summed E-state index contributed by atoms with van der Waals surface area (Å²) in [6, 6.07) is 8.73. The van der Waals surface area contributed by atoms with Crippen molar-refractivity contribution in [3.05, 3.63) is 51.5 Å². The number of rotatable bonds is 8. The van der Waals surface area contributed by atoms with Crippen LogP contribution in [0, 0.1) is 0 Å². The molecule has 0 radical (unpaired) electrons. The highest BCUT2D eigenvalue weighted by atomic mass is 32.1. The molecule has 2 N–H and O–H groups in total. The lowest BCUT2D eigenvalue weighted by Gasteiger charge is -2.34. The number of nitrogens with zero attached hydrogens (tertiary/aromatic N) is 4.